The van der Waals surface area contributed by atoms with Crippen molar-refractivity contribution in [3.8, 4) is 0 Å². The third kappa shape index (κ3) is 0.648. The van der Waals surface area contributed by atoms with Gasteiger partial charge in [-0.1, -0.05) is 13.8 Å². The van der Waals surface area contributed by atoms with Gasteiger partial charge < -0.3 is 0 Å². The molecule has 1 radical (unpaired) electrons. The van der Waals surface area contributed by atoms with E-state index < -0.39 is 5.41 Å². The molecule has 0 aliphatic heterocycles. The molecule has 0 spiro atoms. The van der Waals surface area contributed by atoms with Crippen molar-refractivity contribution in [1.29, 1.82) is 0 Å². The molecule has 0 N–H and O–H groups in total. The van der Waals surface area contributed by atoms with Crippen LogP contribution in [0, 0.1) is 11.8 Å². The molecular weight excluding hydrogens is 128 g/mol. The van der Waals surface area contributed by atoms with Gasteiger partial charge in [-0.05, 0) is 12.8 Å². The van der Waals surface area contributed by atoms with Crippen molar-refractivity contribution in [3.05, 3.63) is 6.42 Å². The Hall–Kier alpha value is -0.660. The van der Waals surface area contributed by atoms with Crippen LogP contribution in [0.25, 0.3) is 0 Å². The molecule has 0 saturated heterocycles. The van der Waals surface area contributed by atoms with Crippen LogP contribution in [-0.2, 0) is 9.59 Å². The van der Waals surface area contributed by atoms with Crippen molar-refractivity contribution in [2.45, 2.75) is 26.7 Å². The second-order valence-electron chi connectivity index (χ2n) is 2.66. The van der Waals surface area contributed by atoms with Crippen LogP contribution in [0.5, 0.6) is 0 Å². The van der Waals surface area contributed by atoms with Crippen molar-refractivity contribution in [1.82, 2.24) is 0 Å². The number of hydrogen-bond donors (Lipinski definition) is 0. The summed E-state index contributed by atoms with van der Waals surface area (Å²) in [5.41, 5.74) is -0.611. The van der Waals surface area contributed by atoms with E-state index in [4.69, 9.17) is 0 Å². The van der Waals surface area contributed by atoms with E-state index >= 15 is 0 Å². The molecule has 1 fully saturated rings. The van der Waals surface area contributed by atoms with E-state index in [1.807, 2.05) is 13.8 Å². The summed E-state index contributed by atoms with van der Waals surface area (Å²) >= 11 is 0. The number of hydrogen-bond acceptors (Lipinski definition) is 2. The Bertz CT molecular complexity index is 162. The number of rotatable bonds is 2. The van der Waals surface area contributed by atoms with E-state index in [2.05, 4.69) is 0 Å². The van der Waals surface area contributed by atoms with Crippen molar-refractivity contribution < 1.29 is 9.59 Å². The van der Waals surface area contributed by atoms with Crippen molar-refractivity contribution >= 4 is 11.6 Å². The number of ketones is 2. The van der Waals surface area contributed by atoms with E-state index in [0.29, 0.717) is 12.8 Å². The van der Waals surface area contributed by atoms with Crippen molar-refractivity contribution in [3.63, 3.8) is 0 Å². The lowest BCUT2D eigenvalue weighted by Gasteiger charge is -2.35. The summed E-state index contributed by atoms with van der Waals surface area (Å²) in [7, 11) is 0. The van der Waals surface area contributed by atoms with Gasteiger partial charge >= 0.3 is 0 Å². The molecule has 0 aromatic carbocycles. The standard InChI is InChI=1S/C8H11O2/c1-3-8(4-2)6(9)5-7(8)10/h5H,3-4H2,1-2H3. The zero-order valence-corrected chi connectivity index (χ0v) is 6.31. The van der Waals surface area contributed by atoms with Crippen LogP contribution in [0.4, 0.5) is 0 Å². The average Bonchev–Trinajstić information content (AvgIpc) is 1.91. The predicted molar refractivity (Wildman–Crippen MR) is 37.3 cm³/mol. The maximum Gasteiger partial charge on any atom is 0.158 e. The predicted octanol–water partition coefficient (Wildman–Crippen LogP) is 1.15. The molecule has 1 saturated carbocycles. The molecule has 0 bridgehead atoms. The van der Waals surface area contributed by atoms with Gasteiger partial charge in [0.15, 0.2) is 11.6 Å². The highest BCUT2D eigenvalue weighted by Gasteiger charge is 2.51. The van der Waals surface area contributed by atoms with Gasteiger partial charge in [-0.2, -0.15) is 0 Å². The average molecular weight is 139 g/mol. The van der Waals surface area contributed by atoms with E-state index in [9.17, 15) is 9.59 Å². The smallest absolute Gasteiger partial charge is 0.158 e. The van der Waals surface area contributed by atoms with Gasteiger partial charge in [0.1, 0.15) is 0 Å². The minimum absolute atomic E-state index is 0.0162. The highest BCUT2D eigenvalue weighted by Crippen LogP contribution is 2.38. The Kier molecular flexibility index (Phi) is 1.63. The Labute approximate surface area is 60.6 Å². The van der Waals surface area contributed by atoms with Gasteiger partial charge in [-0.25, -0.2) is 0 Å². The summed E-state index contributed by atoms with van der Waals surface area (Å²) in [5, 5.41) is 0. The van der Waals surface area contributed by atoms with E-state index in [1.165, 1.54) is 6.42 Å². The molecule has 2 nitrogen and oxygen atoms in total. The maximum atomic E-state index is 10.9. The Morgan fingerprint density at radius 1 is 1.20 bits per heavy atom. The normalized spacial score (nSPS) is 22.6. The number of carbonyl (C=O) groups is 2. The van der Waals surface area contributed by atoms with Crippen LogP contribution in [-0.4, -0.2) is 11.6 Å². The lowest BCUT2D eigenvalue weighted by molar-refractivity contribution is -0.146. The molecule has 0 unspecified atom stereocenters. The summed E-state index contributed by atoms with van der Waals surface area (Å²) in [6, 6.07) is 0. The minimum atomic E-state index is -0.611. The summed E-state index contributed by atoms with van der Waals surface area (Å²) in [4.78, 5) is 21.9. The second kappa shape index (κ2) is 2.19. The largest absolute Gasteiger partial charge is 0.298 e. The Morgan fingerprint density at radius 3 is 1.70 bits per heavy atom. The zero-order chi connectivity index (χ0) is 7.78. The zero-order valence-electron chi connectivity index (χ0n) is 6.31. The third-order valence-electron chi connectivity index (χ3n) is 2.41. The summed E-state index contributed by atoms with van der Waals surface area (Å²) < 4.78 is 0. The molecule has 0 aromatic rings. The van der Waals surface area contributed by atoms with E-state index in [-0.39, 0.29) is 11.6 Å². The van der Waals surface area contributed by atoms with E-state index in [0.717, 1.165) is 0 Å². The topological polar surface area (TPSA) is 34.1 Å². The molecule has 1 aliphatic rings. The molecule has 55 valence electrons. The van der Waals surface area contributed by atoms with Crippen LogP contribution in [0.3, 0.4) is 0 Å². The molecular formula is C8H11O2. The highest BCUT2D eigenvalue weighted by molar-refractivity contribution is 6.33. The monoisotopic (exact) mass is 139 g/mol. The van der Waals surface area contributed by atoms with Crippen molar-refractivity contribution in [2.75, 3.05) is 0 Å². The molecule has 0 amide bonds. The molecule has 0 atom stereocenters. The fourth-order valence-corrected chi connectivity index (χ4v) is 1.39. The van der Waals surface area contributed by atoms with E-state index in [1.54, 1.807) is 0 Å². The summed E-state index contributed by atoms with van der Waals surface area (Å²) in [6.07, 6.45) is 2.50. The highest BCUT2D eigenvalue weighted by atomic mass is 16.2. The minimum Gasteiger partial charge on any atom is -0.298 e. The second-order valence-corrected chi connectivity index (χ2v) is 2.66. The molecule has 1 rings (SSSR count). The van der Waals surface area contributed by atoms with Crippen LogP contribution in [0.2, 0.25) is 0 Å². The summed E-state index contributed by atoms with van der Waals surface area (Å²) in [6.45, 7) is 3.76. The van der Waals surface area contributed by atoms with Crippen LogP contribution < -0.4 is 0 Å². The first-order valence-electron chi connectivity index (χ1n) is 3.61. The third-order valence-corrected chi connectivity index (χ3v) is 2.41. The Balaban J connectivity index is 2.81. The first kappa shape index (κ1) is 7.45. The summed E-state index contributed by atoms with van der Waals surface area (Å²) in [5.74, 6) is 0.0324. The van der Waals surface area contributed by atoms with Gasteiger partial charge in [0, 0.05) is 0 Å². The van der Waals surface area contributed by atoms with Crippen LogP contribution >= 0.6 is 0 Å². The molecule has 1 aliphatic carbocycles. The van der Waals surface area contributed by atoms with Gasteiger partial charge in [-0.15, -0.1) is 0 Å². The fourth-order valence-electron chi connectivity index (χ4n) is 1.39. The quantitative estimate of drug-likeness (QED) is 0.538. The maximum absolute atomic E-state index is 10.9. The van der Waals surface area contributed by atoms with Gasteiger partial charge in [0.05, 0.1) is 11.8 Å². The van der Waals surface area contributed by atoms with Crippen LogP contribution in [0.15, 0.2) is 0 Å². The lowest BCUT2D eigenvalue weighted by Crippen LogP contribution is -2.50. The Morgan fingerprint density at radius 2 is 1.60 bits per heavy atom. The first-order valence-corrected chi connectivity index (χ1v) is 3.61. The number of Topliss-reactive ketones (excluding diaryl/α,β-unsaturated/α-hetero) is 2. The lowest BCUT2D eigenvalue weighted by atomic mass is 9.63. The fraction of sp³-hybridized carbons (Fsp3) is 0.625. The molecule has 2 heteroatoms. The van der Waals surface area contributed by atoms with Gasteiger partial charge in [0.25, 0.3) is 0 Å². The molecule has 0 heterocycles. The van der Waals surface area contributed by atoms with Crippen LogP contribution in [0.1, 0.15) is 26.7 Å². The van der Waals surface area contributed by atoms with Gasteiger partial charge in [-0.3, -0.25) is 9.59 Å². The number of carbonyl (C=O) groups excluding carboxylic acids is 2. The SMILES string of the molecule is CCC1(CC)C(=O)[CH]C1=O. The molecule has 0 aromatic heterocycles. The molecule has 10 heavy (non-hydrogen) atoms. The van der Waals surface area contributed by atoms with Gasteiger partial charge in [0.2, 0.25) is 0 Å². The first-order chi connectivity index (χ1) is 4.67. The van der Waals surface area contributed by atoms with Crippen molar-refractivity contribution in [2.24, 2.45) is 5.41 Å².